The van der Waals surface area contributed by atoms with E-state index in [1.165, 1.54) is 11.1 Å². The summed E-state index contributed by atoms with van der Waals surface area (Å²) in [7, 11) is 3.33. The number of carbonyl (C=O) groups excluding carboxylic acids is 3. The summed E-state index contributed by atoms with van der Waals surface area (Å²) in [5, 5.41) is 5.84. The molecular weight excluding hydrogens is 360 g/mol. The van der Waals surface area contributed by atoms with Crippen molar-refractivity contribution in [2.75, 3.05) is 31.3 Å². The molecule has 1 aromatic carbocycles. The Hall–Kier alpha value is -3.42. The molecule has 2 aromatic rings. The molecule has 1 fully saturated rings. The van der Waals surface area contributed by atoms with Gasteiger partial charge in [-0.15, -0.1) is 0 Å². The number of anilines is 2. The van der Waals surface area contributed by atoms with Gasteiger partial charge in [-0.25, -0.2) is 9.78 Å². The molecular formula is C20H22N4O4. The first-order chi connectivity index (χ1) is 13.4. The Labute approximate surface area is 162 Å². The van der Waals surface area contributed by atoms with Crippen LogP contribution in [0.2, 0.25) is 0 Å². The van der Waals surface area contributed by atoms with E-state index in [2.05, 4.69) is 15.6 Å². The standard InChI is InChI=1S/C20H22N4O4/c1-24(2)19(26)13-3-6-16(7-4-13)23-18(25)12-28-20(27)14-5-10-17(21-11-14)22-15-8-9-15/h3-7,10-11,15H,8-9,12H2,1-2H3,(H,21,22)(H,23,25). The maximum Gasteiger partial charge on any atom is 0.340 e. The predicted octanol–water partition coefficient (Wildman–Crippen LogP) is 2.15. The van der Waals surface area contributed by atoms with E-state index < -0.39 is 18.5 Å². The highest BCUT2D eigenvalue weighted by Crippen LogP contribution is 2.23. The van der Waals surface area contributed by atoms with Crippen LogP contribution in [0.1, 0.15) is 33.6 Å². The molecule has 0 radical (unpaired) electrons. The highest BCUT2D eigenvalue weighted by Gasteiger charge is 2.21. The number of nitrogens with one attached hydrogen (secondary N) is 2. The van der Waals surface area contributed by atoms with Crippen molar-refractivity contribution in [3.05, 3.63) is 53.7 Å². The molecule has 1 saturated carbocycles. The number of ether oxygens (including phenoxy) is 1. The third-order valence-corrected chi connectivity index (χ3v) is 4.08. The zero-order valence-electron chi connectivity index (χ0n) is 15.8. The molecule has 0 saturated heterocycles. The highest BCUT2D eigenvalue weighted by atomic mass is 16.5. The molecule has 8 heteroatoms. The summed E-state index contributed by atoms with van der Waals surface area (Å²) in [6.45, 7) is -0.417. The smallest absolute Gasteiger partial charge is 0.340 e. The third-order valence-electron chi connectivity index (χ3n) is 4.08. The summed E-state index contributed by atoms with van der Waals surface area (Å²) in [4.78, 5) is 41.5. The van der Waals surface area contributed by atoms with Gasteiger partial charge in [0.15, 0.2) is 6.61 Å². The van der Waals surface area contributed by atoms with Gasteiger partial charge in [-0.2, -0.15) is 0 Å². The first kappa shape index (κ1) is 19.3. The number of aromatic nitrogens is 1. The monoisotopic (exact) mass is 382 g/mol. The van der Waals surface area contributed by atoms with E-state index in [1.807, 2.05) is 0 Å². The van der Waals surface area contributed by atoms with Crippen molar-refractivity contribution < 1.29 is 19.1 Å². The van der Waals surface area contributed by atoms with Crippen LogP contribution in [-0.4, -0.2) is 54.4 Å². The molecule has 1 aliphatic rings. The van der Waals surface area contributed by atoms with E-state index in [4.69, 9.17) is 4.74 Å². The number of benzene rings is 1. The Morgan fingerprint density at radius 2 is 1.75 bits per heavy atom. The van der Waals surface area contributed by atoms with Crippen LogP contribution in [0.5, 0.6) is 0 Å². The molecule has 1 heterocycles. The van der Waals surface area contributed by atoms with Crippen molar-refractivity contribution in [3.8, 4) is 0 Å². The number of hydrogen-bond acceptors (Lipinski definition) is 6. The van der Waals surface area contributed by atoms with Crippen molar-refractivity contribution in [3.63, 3.8) is 0 Å². The fraction of sp³-hybridized carbons (Fsp3) is 0.300. The average molecular weight is 382 g/mol. The molecule has 1 aliphatic carbocycles. The van der Waals surface area contributed by atoms with Crippen LogP contribution in [0.3, 0.4) is 0 Å². The van der Waals surface area contributed by atoms with E-state index in [0.717, 1.165) is 12.8 Å². The Balaban J connectivity index is 1.46. The van der Waals surface area contributed by atoms with Crippen LogP contribution in [0.4, 0.5) is 11.5 Å². The van der Waals surface area contributed by atoms with Crippen LogP contribution >= 0.6 is 0 Å². The molecule has 0 aliphatic heterocycles. The van der Waals surface area contributed by atoms with Crippen LogP contribution in [0.15, 0.2) is 42.6 Å². The van der Waals surface area contributed by atoms with Crippen molar-refractivity contribution in [2.24, 2.45) is 0 Å². The van der Waals surface area contributed by atoms with E-state index >= 15 is 0 Å². The number of rotatable bonds is 7. The van der Waals surface area contributed by atoms with E-state index in [1.54, 1.807) is 50.5 Å². The second-order valence-electron chi connectivity index (χ2n) is 6.75. The first-order valence-electron chi connectivity index (χ1n) is 8.93. The Morgan fingerprint density at radius 3 is 2.32 bits per heavy atom. The van der Waals surface area contributed by atoms with Gasteiger partial charge in [0.2, 0.25) is 0 Å². The van der Waals surface area contributed by atoms with Crippen LogP contribution in [0.25, 0.3) is 0 Å². The van der Waals surface area contributed by atoms with Crippen molar-refractivity contribution in [2.45, 2.75) is 18.9 Å². The van der Waals surface area contributed by atoms with Gasteiger partial charge < -0.3 is 20.3 Å². The summed E-state index contributed by atoms with van der Waals surface area (Å²) in [5.41, 5.74) is 1.30. The molecule has 2 N–H and O–H groups in total. The van der Waals surface area contributed by atoms with Gasteiger partial charge >= 0.3 is 5.97 Å². The number of hydrogen-bond donors (Lipinski definition) is 2. The van der Waals surface area contributed by atoms with Gasteiger partial charge in [0.25, 0.3) is 11.8 Å². The van der Waals surface area contributed by atoms with Gasteiger partial charge in [-0.05, 0) is 49.2 Å². The fourth-order valence-corrected chi connectivity index (χ4v) is 2.40. The Bertz CT molecular complexity index is 859. The molecule has 3 rings (SSSR count). The lowest BCUT2D eigenvalue weighted by Gasteiger charge is -2.11. The number of amides is 2. The molecule has 0 atom stereocenters. The maximum atomic E-state index is 12.0. The van der Waals surface area contributed by atoms with E-state index in [0.29, 0.717) is 23.1 Å². The fourth-order valence-electron chi connectivity index (χ4n) is 2.40. The zero-order valence-corrected chi connectivity index (χ0v) is 15.8. The number of esters is 1. The normalized spacial score (nSPS) is 12.8. The van der Waals surface area contributed by atoms with Crippen molar-refractivity contribution in [1.29, 1.82) is 0 Å². The lowest BCUT2D eigenvalue weighted by atomic mass is 10.2. The molecule has 2 amide bonds. The van der Waals surface area contributed by atoms with Crippen LogP contribution < -0.4 is 10.6 Å². The molecule has 146 valence electrons. The molecule has 0 bridgehead atoms. The molecule has 0 unspecified atom stereocenters. The molecule has 1 aromatic heterocycles. The first-order valence-corrected chi connectivity index (χ1v) is 8.93. The number of pyridine rings is 1. The van der Waals surface area contributed by atoms with Gasteiger partial charge in [0, 0.05) is 37.6 Å². The van der Waals surface area contributed by atoms with Crippen LogP contribution in [0, 0.1) is 0 Å². The van der Waals surface area contributed by atoms with Gasteiger partial charge in [0.05, 0.1) is 5.56 Å². The number of nitrogens with zero attached hydrogens (tertiary/aromatic N) is 2. The quantitative estimate of drug-likeness (QED) is 0.712. The van der Waals surface area contributed by atoms with Crippen molar-refractivity contribution >= 4 is 29.3 Å². The molecule has 8 nitrogen and oxygen atoms in total. The van der Waals surface area contributed by atoms with Gasteiger partial charge in [-0.3, -0.25) is 9.59 Å². The number of carbonyl (C=O) groups is 3. The topological polar surface area (TPSA) is 101 Å². The molecule has 28 heavy (non-hydrogen) atoms. The minimum Gasteiger partial charge on any atom is -0.452 e. The summed E-state index contributed by atoms with van der Waals surface area (Å²) >= 11 is 0. The van der Waals surface area contributed by atoms with E-state index in [9.17, 15) is 14.4 Å². The second-order valence-corrected chi connectivity index (χ2v) is 6.75. The minimum absolute atomic E-state index is 0.126. The van der Waals surface area contributed by atoms with Crippen LogP contribution in [-0.2, 0) is 9.53 Å². The summed E-state index contributed by atoms with van der Waals surface area (Å²) in [6, 6.07) is 10.3. The summed E-state index contributed by atoms with van der Waals surface area (Å²) in [5.74, 6) is -0.501. The van der Waals surface area contributed by atoms with Gasteiger partial charge in [0.1, 0.15) is 5.82 Å². The van der Waals surface area contributed by atoms with Gasteiger partial charge in [-0.1, -0.05) is 0 Å². The maximum absolute atomic E-state index is 12.0. The Morgan fingerprint density at radius 1 is 1.07 bits per heavy atom. The Kier molecular flexibility index (Phi) is 5.88. The highest BCUT2D eigenvalue weighted by molar-refractivity contribution is 5.97. The summed E-state index contributed by atoms with van der Waals surface area (Å²) < 4.78 is 5.02. The second kappa shape index (κ2) is 8.51. The lowest BCUT2D eigenvalue weighted by Crippen LogP contribution is -2.22. The largest absolute Gasteiger partial charge is 0.452 e. The molecule has 0 spiro atoms. The summed E-state index contributed by atoms with van der Waals surface area (Å²) in [6.07, 6.45) is 3.69. The minimum atomic E-state index is -0.618. The predicted molar refractivity (Wildman–Crippen MR) is 104 cm³/mol. The van der Waals surface area contributed by atoms with E-state index in [-0.39, 0.29) is 11.5 Å². The average Bonchev–Trinajstić information content (AvgIpc) is 3.50. The third kappa shape index (κ3) is 5.29. The lowest BCUT2D eigenvalue weighted by molar-refractivity contribution is -0.119. The zero-order chi connectivity index (χ0) is 20.1. The van der Waals surface area contributed by atoms with Crippen molar-refractivity contribution in [1.82, 2.24) is 9.88 Å². The SMILES string of the molecule is CN(C)C(=O)c1ccc(NC(=O)COC(=O)c2ccc(NC3CC3)nc2)cc1.